The molecule has 3 atom stereocenters. The van der Waals surface area contributed by atoms with Crippen LogP contribution in [-0.2, 0) is 4.79 Å². The molecule has 2 aromatic rings. The third kappa shape index (κ3) is 5.51. The molecule has 1 aliphatic rings. The van der Waals surface area contributed by atoms with Gasteiger partial charge in [0.05, 0.1) is 11.0 Å². The fourth-order valence-electron chi connectivity index (χ4n) is 3.28. The third-order valence-corrected chi connectivity index (χ3v) is 6.09. The molecule has 2 heterocycles. The van der Waals surface area contributed by atoms with Crippen molar-refractivity contribution >= 4 is 33.2 Å². The van der Waals surface area contributed by atoms with Crippen LogP contribution in [-0.4, -0.2) is 49.2 Å². The van der Waals surface area contributed by atoms with Gasteiger partial charge in [0.2, 0.25) is 5.91 Å². The Hall–Kier alpha value is -1.96. The van der Waals surface area contributed by atoms with Crippen molar-refractivity contribution in [1.29, 1.82) is 0 Å². The second-order valence-corrected chi connectivity index (χ2v) is 8.38. The molecular weight excluding hydrogens is 362 g/mol. The first-order valence-corrected chi connectivity index (χ1v) is 10.3. The summed E-state index contributed by atoms with van der Waals surface area (Å²) in [5.74, 6) is 0.206. The van der Waals surface area contributed by atoms with E-state index in [2.05, 4.69) is 16.0 Å². The maximum Gasteiger partial charge on any atom is 0.261 e. The van der Waals surface area contributed by atoms with Crippen molar-refractivity contribution in [2.24, 2.45) is 11.8 Å². The van der Waals surface area contributed by atoms with Gasteiger partial charge >= 0.3 is 0 Å². The minimum atomic E-state index is -0.383. The Balaban J connectivity index is 1.35. The predicted molar refractivity (Wildman–Crippen MR) is 108 cm³/mol. The van der Waals surface area contributed by atoms with Gasteiger partial charge in [-0.05, 0) is 29.9 Å². The topological polar surface area (TPSA) is 90.5 Å². The van der Waals surface area contributed by atoms with Crippen LogP contribution in [0.15, 0.2) is 30.3 Å². The minimum Gasteiger partial charge on any atom is -0.391 e. The largest absolute Gasteiger partial charge is 0.391 e. The molecule has 1 aromatic carbocycles. The van der Waals surface area contributed by atoms with E-state index in [9.17, 15) is 14.7 Å². The molecule has 3 rings (SSSR count). The Kier molecular flexibility index (Phi) is 6.82. The molecule has 4 N–H and O–H groups in total. The number of β-amino-alcohol motifs (C(OH)–C–C–N with tert-alkyl or cyclic N) is 1. The summed E-state index contributed by atoms with van der Waals surface area (Å²) >= 11 is 1.49. The Labute approximate surface area is 163 Å². The Morgan fingerprint density at radius 2 is 2.11 bits per heavy atom. The summed E-state index contributed by atoms with van der Waals surface area (Å²) in [4.78, 5) is 25.0. The zero-order chi connectivity index (χ0) is 19.2. The molecule has 1 unspecified atom stereocenters. The summed E-state index contributed by atoms with van der Waals surface area (Å²) < 4.78 is 1.11. The van der Waals surface area contributed by atoms with Gasteiger partial charge in [-0.15, -0.1) is 11.3 Å². The highest BCUT2D eigenvalue weighted by Gasteiger charge is 2.25. The number of hydrogen-bond acceptors (Lipinski definition) is 5. The van der Waals surface area contributed by atoms with Crippen LogP contribution in [0.25, 0.3) is 10.1 Å². The highest BCUT2D eigenvalue weighted by molar-refractivity contribution is 7.20. The van der Waals surface area contributed by atoms with E-state index in [1.54, 1.807) is 0 Å². The minimum absolute atomic E-state index is 0.00238. The van der Waals surface area contributed by atoms with Gasteiger partial charge in [-0.25, -0.2) is 0 Å². The highest BCUT2D eigenvalue weighted by Crippen LogP contribution is 2.25. The lowest BCUT2D eigenvalue weighted by Crippen LogP contribution is -2.35. The average Bonchev–Trinajstić information content (AvgIpc) is 3.25. The van der Waals surface area contributed by atoms with Gasteiger partial charge in [-0.2, -0.15) is 0 Å². The maximum atomic E-state index is 12.3. The lowest BCUT2D eigenvalue weighted by molar-refractivity contribution is -0.122. The van der Waals surface area contributed by atoms with Crippen LogP contribution in [0.2, 0.25) is 0 Å². The lowest BCUT2D eigenvalue weighted by Gasteiger charge is -2.16. The van der Waals surface area contributed by atoms with E-state index in [4.69, 9.17) is 0 Å². The number of carbonyl (C=O) groups excluding carboxylic acids is 2. The lowest BCUT2D eigenvalue weighted by atomic mass is 10.0. The van der Waals surface area contributed by atoms with E-state index < -0.39 is 0 Å². The van der Waals surface area contributed by atoms with Crippen molar-refractivity contribution in [3.8, 4) is 0 Å². The number of fused-ring (bicyclic) bond motifs is 1. The molecule has 0 bridgehead atoms. The fraction of sp³-hybridized carbons (Fsp3) is 0.500. The van der Waals surface area contributed by atoms with Gasteiger partial charge in [0.25, 0.3) is 5.91 Å². The standard InChI is InChI=1S/C20H27N3O3S/c1-13(8-19(25)23-11-15-10-21-12-16(15)24)6-7-22-20(26)18-9-14-4-2-3-5-17(14)27-18/h2-5,9,13,15-16,21,24H,6-8,10-12H2,1H3,(H,22,26)(H,23,25)/t13?,15-,16-/m0/s1. The monoisotopic (exact) mass is 389 g/mol. The summed E-state index contributed by atoms with van der Waals surface area (Å²) in [6.07, 6.45) is 0.791. The summed E-state index contributed by atoms with van der Waals surface area (Å²) in [7, 11) is 0. The first kappa shape index (κ1) is 19.8. The van der Waals surface area contributed by atoms with E-state index >= 15 is 0 Å². The van der Waals surface area contributed by atoms with Crippen LogP contribution >= 0.6 is 11.3 Å². The van der Waals surface area contributed by atoms with Crippen LogP contribution in [0.3, 0.4) is 0 Å². The fourth-order valence-corrected chi connectivity index (χ4v) is 4.26. The van der Waals surface area contributed by atoms with E-state index in [1.165, 1.54) is 11.3 Å². The molecule has 27 heavy (non-hydrogen) atoms. The molecule has 1 saturated heterocycles. The van der Waals surface area contributed by atoms with Gasteiger partial charge < -0.3 is 21.1 Å². The SMILES string of the molecule is CC(CCNC(=O)c1cc2ccccc2s1)CC(=O)NC[C@@H]1CNC[C@@H]1O. The summed E-state index contributed by atoms with van der Waals surface area (Å²) in [6.45, 7) is 4.39. The second kappa shape index (κ2) is 9.30. The van der Waals surface area contributed by atoms with Gasteiger partial charge in [-0.3, -0.25) is 9.59 Å². The first-order chi connectivity index (χ1) is 13.0. The zero-order valence-corrected chi connectivity index (χ0v) is 16.3. The second-order valence-electron chi connectivity index (χ2n) is 7.29. The Morgan fingerprint density at radius 3 is 2.85 bits per heavy atom. The first-order valence-electron chi connectivity index (χ1n) is 9.45. The molecule has 0 spiro atoms. The number of aliphatic hydroxyl groups is 1. The molecule has 1 fully saturated rings. The van der Waals surface area contributed by atoms with Gasteiger partial charge in [0.1, 0.15) is 0 Å². The van der Waals surface area contributed by atoms with Gasteiger partial charge in [0, 0.05) is 43.2 Å². The van der Waals surface area contributed by atoms with E-state index in [0.29, 0.717) is 30.9 Å². The number of nitrogens with one attached hydrogen (secondary N) is 3. The third-order valence-electron chi connectivity index (χ3n) is 4.97. The van der Waals surface area contributed by atoms with E-state index in [1.807, 2.05) is 37.3 Å². The van der Waals surface area contributed by atoms with Crippen molar-refractivity contribution in [3.05, 3.63) is 35.2 Å². The van der Waals surface area contributed by atoms with Crippen molar-refractivity contribution in [2.45, 2.75) is 25.9 Å². The van der Waals surface area contributed by atoms with E-state index in [0.717, 1.165) is 23.1 Å². The quantitative estimate of drug-likeness (QED) is 0.554. The van der Waals surface area contributed by atoms with Crippen LogP contribution in [0, 0.1) is 11.8 Å². The number of hydrogen-bond donors (Lipinski definition) is 4. The normalized spacial score (nSPS) is 20.5. The number of thiophene rings is 1. The van der Waals surface area contributed by atoms with Crippen molar-refractivity contribution in [2.75, 3.05) is 26.2 Å². The average molecular weight is 390 g/mol. The molecule has 1 aromatic heterocycles. The summed E-state index contributed by atoms with van der Waals surface area (Å²) in [5.41, 5.74) is 0. The van der Waals surface area contributed by atoms with Crippen LogP contribution < -0.4 is 16.0 Å². The van der Waals surface area contributed by atoms with Crippen molar-refractivity contribution in [1.82, 2.24) is 16.0 Å². The molecule has 2 amide bonds. The van der Waals surface area contributed by atoms with Crippen LogP contribution in [0.4, 0.5) is 0 Å². The molecule has 0 aliphatic carbocycles. The van der Waals surface area contributed by atoms with Gasteiger partial charge in [0.15, 0.2) is 0 Å². The maximum absolute atomic E-state index is 12.3. The number of rotatable bonds is 8. The molecule has 6 nitrogen and oxygen atoms in total. The highest BCUT2D eigenvalue weighted by atomic mass is 32.1. The van der Waals surface area contributed by atoms with Gasteiger partial charge in [-0.1, -0.05) is 25.1 Å². The smallest absolute Gasteiger partial charge is 0.261 e. The Bertz CT molecular complexity index is 759. The van der Waals surface area contributed by atoms with E-state index in [-0.39, 0.29) is 29.8 Å². The molecule has 7 heteroatoms. The summed E-state index contributed by atoms with van der Waals surface area (Å²) in [6, 6.07) is 9.87. The molecular formula is C20H27N3O3S. The van der Waals surface area contributed by atoms with Crippen LogP contribution in [0.5, 0.6) is 0 Å². The predicted octanol–water partition coefficient (Wildman–Crippen LogP) is 1.74. The number of benzene rings is 1. The molecule has 146 valence electrons. The van der Waals surface area contributed by atoms with Crippen molar-refractivity contribution < 1.29 is 14.7 Å². The number of aliphatic hydroxyl groups excluding tert-OH is 1. The molecule has 1 aliphatic heterocycles. The Morgan fingerprint density at radius 1 is 1.30 bits per heavy atom. The summed E-state index contributed by atoms with van der Waals surface area (Å²) in [5, 5.41) is 19.8. The molecule has 0 radical (unpaired) electrons. The number of carbonyl (C=O) groups is 2. The molecule has 0 saturated carbocycles. The number of amides is 2. The van der Waals surface area contributed by atoms with Crippen LogP contribution in [0.1, 0.15) is 29.4 Å². The zero-order valence-electron chi connectivity index (χ0n) is 15.5. The van der Waals surface area contributed by atoms with Crippen molar-refractivity contribution in [3.63, 3.8) is 0 Å².